The average Bonchev–Trinajstić information content (AvgIpc) is 2.68. The summed E-state index contributed by atoms with van der Waals surface area (Å²) in [5.74, 6) is 0.879. The summed E-state index contributed by atoms with van der Waals surface area (Å²) in [5, 5.41) is 4.18. The maximum absolute atomic E-state index is 12.0. The van der Waals surface area contributed by atoms with Crippen LogP contribution in [-0.2, 0) is 11.3 Å². The van der Waals surface area contributed by atoms with Crippen molar-refractivity contribution < 1.29 is 14.3 Å². The van der Waals surface area contributed by atoms with Gasteiger partial charge in [0.05, 0.1) is 13.2 Å². The number of ether oxygens (including phenoxy) is 2. The van der Waals surface area contributed by atoms with Gasteiger partial charge in [0.25, 0.3) is 0 Å². The Bertz CT molecular complexity index is 578. The Kier molecular flexibility index (Phi) is 9.73. The molecule has 0 bridgehead atoms. The molecule has 1 aliphatic rings. The number of carbonyl (C=O) groups excluding carboxylic acids is 1. The molecule has 0 aromatic heterocycles. The van der Waals surface area contributed by atoms with E-state index in [0.717, 1.165) is 75.0 Å². The molecule has 1 amide bonds. The highest BCUT2D eigenvalue weighted by Crippen LogP contribution is 2.22. The minimum atomic E-state index is -0.175. The van der Waals surface area contributed by atoms with Crippen LogP contribution in [0.5, 0.6) is 5.75 Å². The molecular weight excluding hydrogens is 366 g/mol. The van der Waals surface area contributed by atoms with Crippen molar-refractivity contribution in [3.05, 3.63) is 28.8 Å². The van der Waals surface area contributed by atoms with Gasteiger partial charge in [-0.1, -0.05) is 24.9 Å². The van der Waals surface area contributed by atoms with E-state index < -0.39 is 0 Å². The third-order valence-electron chi connectivity index (χ3n) is 4.60. The molecule has 1 heterocycles. The number of hydrogen-bond donors (Lipinski definition) is 1. The fraction of sp³-hybridized carbons (Fsp3) is 0.650. The fourth-order valence-electron chi connectivity index (χ4n) is 2.99. The lowest BCUT2D eigenvalue weighted by atomic mass is 10.2. The van der Waals surface area contributed by atoms with Crippen LogP contribution in [0.3, 0.4) is 0 Å². The number of piperazine rings is 1. The van der Waals surface area contributed by atoms with E-state index in [-0.39, 0.29) is 6.09 Å². The van der Waals surface area contributed by atoms with Gasteiger partial charge in [0.15, 0.2) is 0 Å². The summed E-state index contributed by atoms with van der Waals surface area (Å²) < 4.78 is 10.9. The smallest absolute Gasteiger partial charge is 0.409 e. The summed E-state index contributed by atoms with van der Waals surface area (Å²) in [7, 11) is 0. The number of halogens is 1. The number of benzene rings is 1. The van der Waals surface area contributed by atoms with E-state index in [0.29, 0.717) is 13.2 Å². The van der Waals surface area contributed by atoms with Gasteiger partial charge >= 0.3 is 6.09 Å². The van der Waals surface area contributed by atoms with Crippen LogP contribution >= 0.6 is 11.6 Å². The first-order valence-electron chi connectivity index (χ1n) is 9.90. The van der Waals surface area contributed by atoms with Gasteiger partial charge in [-0.05, 0) is 31.5 Å². The second-order valence-corrected chi connectivity index (χ2v) is 7.09. The van der Waals surface area contributed by atoms with Crippen LogP contribution in [0.15, 0.2) is 18.2 Å². The predicted octanol–water partition coefficient (Wildman–Crippen LogP) is 3.38. The minimum Gasteiger partial charge on any atom is -0.494 e. The molecule has 1 aromatic carbocycles. The molecule has 27 heavy (non-hydrogen) atoms. The van der Waals surface area contributed by atoms with Gasteiger partial charge in [0, 0.05) is 56.4 Å². The van der Waals surface area contributed by atoms with Crippen molar-refractivity contribution in [2.75, 3.05) is 52.5 Å². The summed E-state index contributed by atoms with van der Waals surface area (Å²) in [6.45, 7) is 11.0. The Morgan fingerprint density at radius 1 is 1.22 bits per heavy atom. The van der Waals surface area contributed by atoms with Crippen LogP contribution in [0.1, 0.15) is 32.3 Å². The van der Waals surface area contributed by atoms with Crippen molar-refractivity contribution >= 4 is 17.7 Å². The molecule has 1 fully saturated rings. The van der Waals surface area contributed by atoms with Crippen LogP contribution in [0.4, 0.5) is 4.79 Å². The first-order chi connectivity index (χ1) is 13.1. The maximum atomic E-state index is 12.0. The third kappa shape index (κ3) is 7.56. The SMILES string of the molecule is CCCCOC(=O)N1CCN(CCNCc2cc(Cl)ccc2OCC)CC1. The Labute approximate surface area is 167 Å². The van der Waals surface area contributed by atoms with Gasteiger partial charge in [-0.25, -0.2) is 4.79 Å². The summed E-state index contributed by atoms with van der Waals surface area (Å²) in [5.41, 5.74) is 1.07. The molecule has 0 spiro atoms. The molecule has 1 aliphatic heterocycles. The zero-order valence-corrected chi connectivity index (χ0v) is 17.3. The largest absolute Gasteiger partial charge is 0.494 e. The fourth-order valence-corrected chi connectivity index (χ4v) is 3.19. The van der Waals surface area contributed by atoms with Crippen LogP contribution in [0.2, 0.25) is 5.02 Å². The van der Waals surface area contributed by atoms with E-state index in [1.807, 2.05) is 25.1 Å². The van der Waals surface area contributed by atoms with Crippen molar-refractivity contribution in [1.82, 2.24) is 15.1 Å². The van der Waals surface area contributed by atoms with Gasteiger partial charge < -0.3 is 19.7 Å². The number of nitrogens with zero attached hydrogens (tertiary/aromatic N) is 2. The predicted molar refractivity (Wildman–Crippen MR) is 109 cm³/mol. The van der Waals surface area contributed by atoms with Crippen molar-refractivity contribution in [2.45, 2.75) is 33.2 Å². The van der Waals surface area contributed by atoms with Gasteiger partial charge in [0.2, 0.25) is 0 Å². The number of nitrogens with one attached hydrogen (secondary N) is 1. The van der Waals surface area contributed by atoms with Crippen LogP contribution in [0.25, 0.3) is 0 Å². The topological polar surface area (TPSA) is 54.0 Å². The second kappa shape index (κ2) is 12.1. The highest BCUT2D eigenvalue weighted by molar-refractivity contribution is 6.30. The highest BCUT2D eigenvalue weighted by Gasteiger charge is 2.21. The number of carbonyl (C=O) groups is 1. The molecule has 6 nitrogen and oxygen atoms in total. The average molecular weight is 398 g/mol. The molecule has 0 aliphatic carbocycles. The lowest BCUT2D eigenvalue weighted by Crippen LogP contribution is -2.50. The second-order valence-electron chi connectivity index (χ2n) is 6.66. The molecule has 1 aromatic rings. The zero-order valence-electron chi connectivity index (χ0n) is 16.5. The van der Waals surface area contributed by atoms with Crippen molar-refractivity contribution in [2.24, 2.45) is 0 Å². The van der Waals surface area contributed by atoms with E-state index in [4.69, 9.17) is 21.1 Å². The molecule has 0 unspecified atom stereocenters. The Hall–Kier alpha value is -1.50. The van der Waals surface area contributed by atoms with Crippen LogP contribution in [-0.4, -0.2) is 68.4 Å². The normalized spacial score (nSPS) is 15.0. The number of unbranched alkanes of at least 4 members (excludes halogenated alkanes) is 1. The van der Waals surface area contributed by atoms with Gasteiger partial charge in [-0.15, -0.1) is 0 Å². The van der Waals surface area contributed by atoms with Crippen molar-refractivity contribution in [3.63, 3.8) is 0 Å². The lowest BCUT2D eigenvalue weighted by Gasteiger charge is -2.34. The first-order valence-corrected chi connectivity index (χ1v) is 10.3. The minimum absolute atomic E-state index is 0.175. The molecule has 0 radical (unpaired) electrons. The highest BCUT2D eigenvalue weighted by atomic mass is 35.5. The number of hydrogen-bond acceptors (Lipinski definition) is 5. The zero-order chi connectivity index (χ0) is 19.5. The molecule has 2 rings (SSSR count). The summed E-state index contributed by atoms with van der Waals surface area (Å²) >= 11 is 6.10. The molecule has 152 valence electrons. The van der Waals surface area contributed by atoms with E-state index in [9.17, 15) is 4.79 Å². The maximum Gasteiger partial charge on any atom is 0.409 e. The quantitative estimate of drug-likeness (QED) is 0.613. The van der Waals surface area contributed by atoms with E-state index in [2.05, 4.69) is 17.1 Å². The Balaban J connectivity index is 1.65. The lowest BCUT2D eigenvalue weighted by molar-refractivity contribution is 0.0757. The number of rotatable bonds is 10. The van der Waals surface area contributed by atoms with Gasteiger partial charge in [0.1, 0.15) is 5.75 Å². The van der Waals surface area contributed by atoms with Gasteiger partial charge in [-0.2, -0.15) is 0 Å². The van der Waals surface area contributed by atoms with Crippen LogP contribution < -0.4 is 10.1 Å². The molecule has 1 N–H and O–H groups in total. The van der Waals surface area contributed by atoms with Crippen molar-refractivity contribution in [3.8, 4) is 5.75 Å². The number of amides is 1. The standard InChI is InChI=1S/C20H32ClN3O3/c1-3-5-14-27-20(25)24-12-10-23(11-13-24)9-8-22-16-17-15-18(21)6-7-19(17)26-4-2/h6-7,15,22H,3-5,8-14,16H2,1-2H3. The molecule has 1 saturated heterocycles. The third-order valence-corrected chi connectivity index (χ3v) is 4.83. The Morgan fingerprint density at radius 2 is 2.00 bits per heavy atom. The summed E-state index contributed by atoms with van der Waals surface area (Å²) in [4.78, 5) is 16.1. The van der Waals surface area contributed by atoms with E-state index in [1.54, 1.807) is 4.90 Å². The van der Waals surface area contributed by atoms with E-state index >= 15 is 0 Å². The Morgan fingerprint density at radius 3 is 2.70 bits per heavy atom. The molecule has 0 saturated carbocycles. The summed E-state index contributed by atoms with van der Waals surface area (Å²) in [6, 6.07) is 5.72. The van der Waals surface area contributed by atoms with Crippen molar-refractivity contribution in [1.29, 1.82) is 0 Å². The molecule has 7 heteroatoms. The monoisotopic (exact) mass is 397 g/mol. The van der Waals surface area contributed by atoms with Gasteiger partial charge in [-0.3, -0.25) is 4.90 Å². The van der Waals surface area contributed by atoms with E-state index in [1.165, 1.54) is 0 Å². The molecule has 0 atom stereocenters. The summed E-state index contributed by atoms with van der Waals surface area (Å²) in [6.07, 6.45) is 1.79. The first kappa shape index (κ1) is 21.8. The molecular formula is C20H32ClN3O3. The van der Waals surface area contributed by atoms with Crippen LogP contribution in [0, 0.1) is 0 Å².